The number of aliphatic imine (C=N–C) groups is 2. The van der Waals surface area contributed by atoms with Crippen molar-refractivity contribution in [3.63, 3.8) is 0 Å². The van der Waals surface area contributed by atoms with Gasteiger partial charge in [0.1, 0.15) is 0 Å². The molecule has 0 heterocycles. The van der Waals surface area contributed by atoms with Crippen LogP contribution in [-0.2, 0) is 0 Å². The Morgan fingerprint density at radius 1 is 1.23 bits per heavy atom. The lowest BCUT2D eigenvalue weighted by atomic mass is 10.0. The minimum atomic E-state index is 0.429. The van der Waals surface area contributed by atoms with E-state index >= 15 is 0 Å². The highest BCUT2D eigenvalue weighted by Crippen LogP contribution is 2.19. The van der Waals surface area contributed by atoms with Crippen molar-refractivity contribution in [2.45, 2.75) is 41.0 Å². The molecular formula is C11H22N2. The van der Waals surface area contributed by atoms with E-state index in [1.165, 1.54) is 0 Å². The van der Waals surface area contributed by atoms with Gasteiger partial charge in [0, 0.05) is 0 Å². The molecule has 0 radical (unpaired) electrons. The molecule has 0 fully saturated rings. The number of rotatable bonds is 4. The topological polar surface area (TPSA) is 24.7 Å². The van der Waals surface area contributed by atoms with E-state index in [4.69, 9.17) is 0 Å². The zero-order valence-electron chi connectivity index (χ0n) is 9.59. The molecule has 2 heteroatoms. The van der Waals surface area contributed by atoms with E-state index in [2.05, 4.69) is 37.3 Å². The van der Waals surface area contributed by atoms with Gasteiger partial charge in [-0.15, -0.1) is 0 Å². The quantitative estimate of drug-likeness (QED) is 0.592. The van der Waals surface area contributed by atoms with Gasteiger partial charge in [0.25, 0.3) is 0 Å². The fourth-order valence-corrected chi connectivity index (χ4v) is 0.901. The molecule has 0 N–H and O–H groups in total. The summed E-state index contributed by atoms with van der Waals surface area (Å²) in [4.78, 5) is 7.75. The first-order valence-corrected chi connectivity index (χ1v) is 4.81. The van der Waals surface area contributed by atoms with E-state index in [9.17, 15) is 0 Å². The Balaban J connectivity index is 0. The molecule has 0 aliphatic heterocycles. The second-order valence-electron chi connectivity index (χ2n) is 2.60. The zero-order chi connectivity index (χ0) is 10.9. The molecule has 0 rings (SSSR count). The SMILES string of the molecule is C=N/C(C)=C(\N=C)C(C)CC.CC. The van der Waals surface area contributed by atoms with E-state index in [-0.39, 0.29) is 0 Å². The Kier molecular flexibility index (Phi) is 10.3. The molecule has 0 amide bonds. The molecule has 1 atom stereocenters. The van der Waals surface area contributed by atoms with Crippen LogP contribution in [-0.4, -0.2) is 13.4 Å². The van der Waals surface area contributed by atoms with Crippen molar-refractivity contribution in [2.75, 3.05) is 0 Å². The third kappa shape index (κ3) is 5.34. The maximum Gasteiger partial charge on any atom is 0.0635 e. The lowest BCUT2D eigenvalue weighted by Crippen LogP contribution is -1.97. The standard InChI is InChI=1S/C9H16N2.C2H6/c1-6-7(2)9(11-5)8(3)10-4;1-2/h7H,4-6H2,1-3H3;1-2H3/b9-8-;. The molecule has 0 aliphatic rings. The summed E-state index contributed by atoms with van der Waals surface area (Å²) in [5.41, 5.74) is 1.84. The lowest BCUT2D eigenvalue weighted by molar-refractivity contribution is 0.641. The van der Waals surface area contributed by atoms with Crippen molar-refractivity contribution in [3.05, 3.63) is 11.4 Å². The Bertz CT molecular complexity index is 181. The highest BCUT2D eigenvalue weighted by atomic mass is 14.8. The Morgan fingerprint density at radius 2 is 1.69 bits per heavy atom. The third-order valence-electron chi connectivity index (χ3n) is 1.86. The van der Waals surface area contributed by atoms with Crippen LogP contribution >= 0.6 is 0 Å². The molecule has 0 aromatic heterocycles. The van der Waals surface area contributed by atoms with Gasteiger partial charge in [0.15, 0.2) is 0 Å². The maximum atomic E-state index is 3.93. The van der Waals surface area contributed by atoms with Crippen LogP contribution in [0.2, 0.25) is 0 Å². The predicted octanol–water partition coefficient (Wildman–Crippen LogP) is 3.69. The van der Waals surface area contributed by atoms with Crippen molar-refractivity contribution in [2.24, 2.45) is 15.9 Å². The number of allylic oxidation sites excluding steroid dienone is 2. The normalized spacial score (nSPS) is 13.3. The van der Waals surface area contributed by atoms with Crippen molar-refractivity contribution < 1.29 is 0 Å². The van der Waals surface area contributed by atoms with Crippen LogP contribution in [0.25, 0.3) is 0 Å². The average Bonchev–Trinajstić information content (AvgIpc) is 2.21. The molecular weight excluding hydrogens is 160 g/mol. The smallest absolute Gasteiger partial charge is 0.0635 e. The lowest BCUT2D eigenvalue weighted by Gasteiger charge is -2.09. The van der Waals surface area contributed by atoms with Gasteiger partial charge in [-0.1, -0.05) is 27.7 Å². The number of hydrogen-bond acceptors (Lipinski definition) is 2. The third-order valence-corrected chi connectivity index (χ3v) is 1.86. The first-order chi connectivity index (χ1) is 6.17. The van der Waals surface area contributed by atoms with Gasteiger partial charge in [-0.3, -0.25) is 9.98 Å². The van der Waals surface area contributed by atoms with Gasteiger partial charge >= 0.3 is 0 Å². The van der Waals surface area contributed by atoms with Gasteiger partial charge < -0.3 is 0 Å². The summed E-state index contributed by atoms with van der Waals surface area (Å²) in [5, 5.41) is 0. The van der Waals surface area contributed by atoms with E-state index in [1.807, 2.05) is 20.8 Å². The minimum Gasteiger partial charge on any atom is -0.267 e. The summed E-state index contributed by atoms with van der Waals surface area (Å²) in [7, 11) is 0. The molecule has 0 spiro atoms. The molecule has 13 heavy (non-hydrogen) atoms. The summed E-state index contributed by atoms with van der Waals surface area (Å²) < 4.78 is 0. The van der Waals surface area contributed by atoms with Crippen LogP contribution in [0.1, 0.15) is 41.0 Å². The van der Waals surface area contributed by atoms with Gasteiger partial charge in [-0.25, -0.2) is 0 Å². The summed E-state index contributed by atoms with van der Waals surface area (Å²) in [5.74, 6) is 0.429. The van der Waals surface area contributed by atoms with Crippen molar-refractivity contribution >= 4 is 13.4 Å². The predicted molar refractivity (Wildman–Crippen MR) is 62.6 cm³/mol. The van der Waals surface area contributed by atoms with E-state index in [0.29, 0.717) is 5.92 Å². The van der Waals surface area contributed by atoms with E-state index < -0.39 is 0 Å². The molecule has 0 aliphatic carbocycles. The molecule has 2 nitrogen and oxygen atoms in total. The molecule has 0 bridgehead atoms. The zero-order valence-corrected chi connectivity index (χ0v) is 9.59. The monoisotopic (exact) mass is 182 g/mol. The van der Waals surface area contributed by atoms with Crippen LogP contribution in [0.3, 0.4) is 0 Å². The summed E-state index contributed by atoms with van der Waals surface area (Å²) in [6.45, 7) is 17.1. The van der Waals surface area contributed by atoms with Crippen LogP contribution in [0.4, 0.5) is 0 Å². The highest BCUT2D eigenvalue weighted by molar-refractivity contribution is 5.35. The molecule has 0 saturated carbocycles. The first kappa shape index (κ1) is 14.6. The Hall–Kier alpha value is -0.920. The van der Waals surface area contributed by atoms with Gasteiger partial charge in [-0.2, -0.15) is 0 Å². The van der Waals surface area contributed by atoms with Crippen LogP contribution < -0.4 is 0 Å². The Morgan fingerprint density at radius 3 is 1.92 bits per heavy atom. The minimum absolute atomic E-state index is 0.429. The van der Waals surface area contributed by atoms with Crippen LogP contribution in [0.5, 0.6) is 0 Å². The van der Waals surface area contributed by atoms with Crippen molar-refractivity contribution in [1.82, 2.24) is 0 Å². The number of nitrogens with zero attached hydrogens (tertiary/aromatic N) is 2. The van der Waals surface area contributed by atoms with Crippen LogP contribution in [0.15, 0.2) is 21.4 Å². The molecule has 0 aromatic rings. The molecule has 1 unspecified atom stereocenters. The molecule has 76 valence electrons. The fourth-order valence-electron chi connectivity index (χ4n) is 0.901. The first-order valence-electron chi connectivity index (χ1n) is 4.81. The van der Waals surface area contributed by atoms with Gasteiger partial charge in [-0.05, 0) is 32.7 Å². The average molecular weight is 182 g/mol. The maximum absolute atomic E-state index is 3.93. The summed E-state index contributed by atoms with van der Waals surface area (Å²) in [6, 6.07) is 0. The van der Waals surface area contributed by atoms with E-state index in [1.54, 1.807) is 0 Å². The molecule has 0 aromatic carbocycles. The Labute approximate surface area is 82.5 Å². The second kappa shape index (κ2) is 9.17. The fraction of sp³-hybridized carbons (Fsp3) is 0.636. The number of hydrogen-bond donors (Lipinski definition) is 0. The van der Waals surface area contributed by atoms with Gasteiger partial charge in [0.2, 0.25) is 0 Å². The molecule has 0 saturated heterocycles. The van der Waals surface area contributed by atoms with Crippen LogP contribution in [0, 0.1) is 5.92 Å². The summed E-state index contributed by atoms with van der Waals surface area (Å²) >= 11 is 0. The van der Waals surface area contributed by atoms with Gasteiger partial charge in [0.05, 0.1) is 11.4 Å². The van der Waals surface area contributed by atoms with E-state index in [0.717, 1.165) is 17.8 Å². The van der Waals surface area contributed by atoms with Crippen molar-refractivity contribution in [3.8, 4) is 0 Å². The second-order valence-corrected chi connectivity index (χ2v) is 2.60. The largest absolute Gasteiger partial charge is 0.267 e. The van der Waals surface area contributed by atoms with Crippen molar-refractivity contribution in [1.29, 1.82) is 0 Å². The summed E-state index contributed by atoms with van der Waals surface area (Å²) in [6.07, 6.45) is 1.06. The highest BCUT2D eigenvalue weighted by Gasteiger charge is 2.06.